The summed E-state index contributed by atoms with van der Waals surface area (Å²) >= 11 is 3.70. The molecule has 3 rings (SSSR count). The molecule has 21 heavy (non-hydrogen) atoms. The van der Waals surface area contributed by atoms with Gasteiger partial charge in [0.05, 0.1) is 0 Å². The minimum atomic E-state index is 0.211. The molecule has 2 aromatic rings. The third kappa shape index (κ3) is 3.16. The molecule has 110 valence electrons. The van der Waals surface area contributed by atoms with Crippen LogP contribution in [0.1, 0.15) is 31.4 Å². The molecule has 1 nitrogen and oxygen atoms in total. The van der Waals surface area contributed by atoms with Gasteiger partial charge in [-0.15, -0.1) is 0 Å². The fraction of sp³-hybridized carbons (Fsp3) is 0.368. The Kier molecular flexibility index (Phi) is 4.08. The van der Waals surface area contributed by atoms with Crippen molar-refractivity contribution >= 4 is 15.9 Å². The molecule has 0 amide bonds. The average Bonchev–Trinajstić information content (AvgIpc) is 2.50. The molecule has 2 atom stereocenters. The van der Waals surface area contributed by atoms with Crippen LogP contribution in [0.15, 0.2) is 54.6 Å². The maximum atomic E-state index is 6.11. The molecule has 0 saturated heterocycles. The van der Waals surface area contributed by atoms with Gasteiger partial charge in [-0.25, -0.2) is 0 Å². The zero-order chi connectivity index (χ0) is 14.9. The SMILES string of the molecule is CC1(C)C(Br)CC1Oc1ccc(Cc2ccccc2)cc1. The number of hydrogen-bond acceptors (Lipinski definition) is 1. The lowest BCUT2D eigenvalue weighted by Gasteiger charge is -2.48. The topological polar surface area (TPSA) is 9.23 Å². The Morgan fingerprint density at radius 2 is 1.62 bits per heavy atom. The first-order valence-corrected chi connectivity index (χ1v) is 8.41. The molecule has 0 radical (unpaired) electrons. The fourth-order valence-corrected chi connectivity index (χ4v) is 3.35. The van der Waals surface area contributed by atoms with E-state index in [-0.39, 0.29) is 5.41 Å². The summed E-state index contributed by atoms with van der Waals surface area (Å²) in [5, 5.41) is 0. The third-order valence-corrected chi connectivity index (χ3v) is 6.06. The molecule has 2 unspecified atom stereocenters. The van der Waals surface area contributed by atoms with Gasteiger partial charge in [0.1, 0.15) is 11.9 Å². The second-order valence-electron chi connectivity index (χ2n) is 6.44. The van der Waals surface area contributed by atoms with Crippen LogP contribution in [0.3, 0.4) is 0 Å². The van der Waals surface area contributed by atoms with Crippen LogP contribution in [0.25, 0.3) is 0 Å². The highest BCUT2D eigenvalue weighted by atomic mass is 79.9. The van der Waals surface area contributed by atoms with Gasteiger partial charge >= 0.3 is 0 Å². The van der Waals surface area contributed by atoms with Crippen molar-refractivity contribution in [1.82, 2.24) is 0 Å². The zero-order valence-corrected chi connectivity index (χ0v) is 14.1. The van der Waals surface area contributed by atoms with Crippen LogP contribution in [-0.2, 0) is 6.42 Å². The summed E-state index contributed by atoms with van der Waals surface area (Å²) in [6.07, 6.45) is 2.36. The van der Waals surface area contributed by atoms with Crippen molar-refractivity contribution < 1.29 is 4.74 Å². The summed E-state index contributed by atoms with van der Waals surface area (Å²) in [6.45, 7) is 4.51. The normalized spacial score (nSPS) is 23.4. The minimum Gasteiger partial charge on any atom is -0.490 e. The van der Waals surface area contributed by atoms with Crippen LogP contribution in [0.5, 0.6) is 5.75 Å². The lowest BCUT2D eigenvalue weighted by Crippen LogP contribution is -2.53. The molecule has 0 heterocycles. The van der Waals surface area contributed by atoms with Crippen LogP contribution in [0.2, 0.25) is 0 Å². The van der Waals surface area contributed by atoms with Gasteiger partial charge in [-0.2, -0.15) is 0 Å². The molecule has 1 aliphatic rings. The number of hydrogen-bond donors (Lipinski definition) is 0. The molecular weight excluding hydrogens is 324 g/mol. The monoisotopic (exact) mass is 344 g/mol. The molecule has 0 N–H and O–H groups in total. The van der Waals surface area contributed by atoms with Gasteiger partial charge in [0.2, 0.25) is 0 Å². The molecule has 2 heteroatoms. The van der Waals surface area contributed by atoms with E-state index in [1.54, 1.807) is 0 Å². The predicted molar refractivity (Wildman–Crippen MR) is 91.2 cm³/mol. The predicted octanol–water partition coefficient (Wildman–Crippen LogP) is 5.22. The lowest BCUT2D eigenvalue weighted by atomic mass is 9.69. The van der Waals surface area contributed by atoms with Crippen molar-refractivity contribution in [3.8, 4) is 5.75 Å². The van der Waals surface area contributed by atoms with E-state index in [0.29, 0.717) is 10.9 Å². The van der Waals surface area contributed by atoms with Gasteiger partial charge < -0.3 is 4.74 Å². The summed E-state index contributed by atoms with van der Waals surface area (Å²) in [5.74, 6) is 0.976. The third-order valence-electron chi connectivity index (χ3n) is 4.51. The maximum Gasteiger partial charge on any atom is 0.119 e. The van der Waals surface area contributed by atoms with Gasteiger partial charge in [-0.05, 0) is 36.1 Å². The highest BCUT2D eigenvalue weighted by Gasteiger charge is 2.48. The number of halogens is 1. The zero-order valence-electron chi connectivity index (χ0n) is 12.6. The Bertz CT molecular complexity index is 589. The molecule has 1 saturated carbocycles. The van der Waals surface area contributed by atoms with Gasteiger partial charge in [0.15, 0.2) is 0 Å². The van der Waals surface area contributed by atoms with Crippen molar-refractivity contribution in [3.05, 3.63) is 65.7 Å². The van der Waals surface area contributed by atoms with E-state index < -0.39 is 0 Å². The molecular formula is C19H21BrO. The quantitative estimate of drug-likeness (QED) is 0.691. The standard InChI is InChI=1S/C19H21BrO/c1-19(2)17(20)13-18(19)21-16-10-8-15(9-11-16)12-14-6-4-3-5-7-14/h3-11,17-18H,12-13H2,1-2H3. The van der Waals surface area contributed by atoms with Gasteiger partial charge in [-0.1, -0.05) is 72.2 Å². The van der Waals surface area contributed by atoms with Crippen LogP contribution in [0.4, 0.5) is 0 Å². The summed E-state index contributed by atoms with van der Waals surface area (Å²) in [5.41, 5.74) is 2.87. The molecule has 1 fully saturated rings. The molecule has 0 bridgehead atoms. The van der Waals surface area contributed by atoms with Crippen molar-refractivity contribution in [2.24, 2.45) is 5.41 Å². The highest BCUT2D eigenvalue weighted by molar-refractivity contribution is 9.09. The minimum absolute atomic E-state index is 0.211. The second kappa shape index (κ2) is 5.84. The smallest absolute Gasteiger partial charge is 0.119 e. The first-order chi connectivity index (χ1) is 10.1. The van der Waals surface area contributed by atoms with Gasteiger partial charge in [0, 0.05) is 10.2 Å². The van der Waals surface area contributed by atoms with E-state index in [4.69, 9.17) is 4.74 Å². The van der Waals surface area contributed by atoms with Gasteiger partial charge in [-0.3, -0.25) is 0 Å². The number of benzene rings is 2. The first-order valence-electron chi connectivity index (χ1n) is 7.49. The second-order valence-corrected chi connectivity index (χ2v) is 7.54. The van der Waals surface area contributed by atoms with Crippen LogP contribution >= 0.6 is 15.9 Å². The van der Waals surface area contributed by atoms with Gasteiger partial charge in [0.25, 0.3) is 0 Å². The Hall–Kier alpha value is -1.28. The molecule has 0 spiro atoms. The summed E-state index contributed by atoms with van der Waals surface area (Å²) in [6, 6.07) is 19.1. The largest absolute Gasteiger partial charge is 0.490 e. The van der Waals surface area contributed by atoms with Crippen molar-refractivity contribution in [3.63, 3.8) is 0 Å². The lowest BCUT2D eigenvalue weighted by molar-refractivity contribution is -0.00780. The molecule has 0 aliphatic heterocycles. The van der Waals surface area contributed by atoms with Crippen molar-refractivity contribution in [2.45, 2.75) is 37.6 Å². The molecule has 1 aliphatic carbocycles. The highest BCUT2D eigenvalue weighted by Crippen LogP contribution is 2.47. The molecule has 2 aromatic carbocycles. The van der Waals surface area contributed by atoms with E-state index in [1.165, 1.54) is 11.1 Å². The van der Waals surface area contributed by atoms with E-state index in [2.05, 4.69) is 84.4 Å². The van der Waals surface area contributed by atoms with E-state index in [1.807, 2.05) is 0 Å². The summed E-state index contributed by atoms with van der Waals surface area (Å²) in [7, 11) is 0. The fourth-order valence-electron chi connectivity index (χ4n) is 2.72. The van der Waals surface area contributed by atoms with Crippen molar-refractivity contribution in [1.29, 1.82) is 0 Å². The van der Waals surface area contributed by atoms with Crippen LogP contribution in [-0.4, -0.2) is 10.9 Å². The Labute approximate surface area is 135 Å². The van der Waals surface area contributed by atoms with E-state index in [0.717, 1.165) is 18.6 Å². The summed E-state index contributed by atoms with van der Waals surface area (Å²) < 4.78 is 6.11. The number of ether oxygens (including phenoxy) is 1. The summed E-state index contributed by atoms with van der Waals surface area (Å²) in [4.78, 5) is 0.562. The maximum absolute atomic E-state index is 6.11. The molecule has 0 aromatic heterocycles. The number of rotatable bonds is 4. The average molecular weight is 345 g/mol. The number of alkyl halides is 1. The Balaban J connectivity index is 1.62. The first kappa shape index (κ1) is 14.6. The van der Waals surface area contributed by atoms with Crippen molar-refractivity contribution in [2.75, 3.05) is 0 Å². The van der Waals surface area contributed by atoms with Crippen LogP contribution in [0, 0.1) is 5.41 Å². The Morgan fingerprint density at radius 1 is 1.00 bits per heavy atom. The van der Waals surface area contributed by atoms with E-state index >= 15 is 0 Å². The Morgan fingerprint density at radius 3 is 2.19 bits per heavy atom. The van der Waals surface area contributed by atoms with Crippen LogP contribution < -0.4 is 4.74 Å². The van der Waals surface area contributed by atoms with E-state index in [9.17, 15) is 0 Å².